The van der Waals surface area contributed by atoms with Crippen molar-refractivity contribution in [3.05, 3.63) is 29.8 Å². The summed E-state index contributed by atoms with van der Waals surface area (Å²) in [5, 5.41) is 0. The van der Waals surface area contributed by atoms with Crippen LogP contribution in [0.3, 0.4) is 0 Å². The molecule has 1 aromatic rings. The van der Waals surface area contributed by atoms with Crippen molar-refractivity contribution in [1.29, 1.82) is 0 Å². The van der Waals surface area contributed by atoms with E-state index in [1.54, 1.807) is 12.1 Å². The van der Waals surface area contributed by atoms with Crippen LogP contribution in [0.5, 0.6) is 0 Å². The number of nitrogens with two attached hydrogens (primary N) is 1. The number of halogens is 1. The number of sulfonamides is 1. The maximum Gasteiger partial charge on any atom is 0.243 e. The van der Waals surface area contributed by atoms with Crippen molar-refractivity contribution in [3.8, 4) is 0 Å². The molecular formula is C11H17ClN2O2S. The molecular weight excluding hydrogens is 260 g/mol. The standard InChI is InChI=1S/C11H16N2O2S.ClH/c1-9-2-4-11(5-3-9)16(14,15)13-7-6-10(12)8-13;/h2-5,10H,6-8,12H2,1H3;1H/t10-;/m0./s1. The van der Waals surface area contributed by atoms with Crippen LogP contribution in [0.4, 0.5) is 0 Å². The van der Waals surface area contributed by atoms with Crippen LogP contribution in [-0.4, -0.2) is 31.9 Å². The summed E-state index contributed by atoms with van der Waals surface area (Å²) < 4.78 is 25.8. The highest BCUT2D eigenvalue weighted by molar-refractivity contribution is 7.89. The van der Waals surface area contributed by atoms with Crippen molar-refractivity contribution in [2.45, 2.75) is 24.3 Å². The van der Waals surface area contributed by atoms with Gasteiger partial charge in [-0.25, -0.2) is 8.42 Å². The molecule has 0 amide bonds. The van der Waals surface area contributed by atoms with Gasteiger partial charge in [0.2, 0.25) is 10.0 Å². The highest BCUT2D eigenvalue weighted by Crippen LogP contribution is 2.20. The zero-order valence-electron chi connectivity index (χ0n) is 9.67. The Hall–Kier alpha value is -0.620. The lowest BCUT2D eigenvalue weighted by Gasteiger charge is -2.15. The van der Waals surface area contributed by atoms with Gasteiger partial charge < -0.3 is 5.73 Å². The minimum atomic E-state index is -3.34. The van der Waals surface area contributed by atoms with Crippen LogP contribution in [0.2, 0.25) is 0 Å². The highest BCUT2D eigenvalue weighted by Gasteiger charge is 2.30. The van der Waals surface area contributed by atoms with E-state index in [2.05, 4.69) is 0 Å². The summed E-state index contributed by atoms with van der Waals surface area (Å²) in [6.07, 6.45) is 0.741. The van der Waals surface area contributed by atoms with E-state index in [9.17, 15) is 8.42 Å². The topological polar surface area (TPSA) is 63.4 Å². The minimum absolute atomic E-state index is 0. The van der Waals surface area contributed by atoms with Crippen molar-refractivity contribution in [2.75, 3.05) is 13.1 Å². The Kier molecular flexibility index (Phi) is 4.55. The van der Waals surface area contributed by atoms with Gasteiger partial charge in [-0.2, -0.15) is 4.31 Å². The Balaban J connectivity index is 0.00000144. The van der Waals surface area contributed by atoms with Crippen molar-refractivity contribution in [2.24, 2.45) is 5.73 Å². The van der Waals surface area contributed by atoms with E-state index in [1.165, 1.54) is 4.31 Å². The molecule has 1 fully saturated rings. The van der Waals surface area contributed by atoms with Gasteiger partial charge in [-0.05, 0) is 25.5 Å². The molecule has 0 radical (unpaired) electrons. The first-order valence-electron chi connectivity index (χ1n) is 5.32. The first-order chi connectivity index (χ1) is 7.50. The van der Waals surface area contributed by atoms with E-state index >= 15 is 0 Å². The minimum Gasteiger partial charge on any atom is -0.326 e. The van der Waals surface area contributed by atoms with Crippen LogP contribution in [0.15, 0.2) is 29.2 Å². The monoisotopic (exact) mass is 276 g/mol. The maximum absolute atomic E-state index is 12.2. The normalized spacial score (nSPS) is 21.2. The van der Waals surface area contributed by atoms with Gasteiger partial charge in [0.25, 0.3) is 0 Å². The van der Waals surface area contributed by atoms with Gasteiger partial charge >= 0.3 is 0 Å². The van der Waals surface area contributed by atoms with Gasteiger partial charge in [-0.3, -0.25) is 0 Å². The second-order valence-corrected chi connectivity index (χ2v) is 6.16. The molecule has 0 spiro atoms. The zero-order valence-corrected chi connectivity index (χ0v) is 11.3. The van der Waals surface area contributed by atoms with E-state index < -0.39 is 10.0 Å². The summed E-state index contributed by atoms with van der Waals surface area (Å²) in [6.45, 7) is 2.88. The van der Waals surface area contributed by atoms with Crippen LogP contribution in [-0.2, 0) is 10.0 Å². The smallest absolute Gasteiger partial charge is 0.243 e. The molecule has 2 rings (SSSR count). The Morgan fingerprint density at radius 2 is 1.88 bits per heavy atom. The Labute approximate surface area is 108 Å². The first kappa shape index (κ1) is 14.4. The molecule has 0 saturated carbocycles. The average Bonchev–Trinajstić information content (AvgIpc) is 2.66. The summed E-state index contributed by atoms with van der Waals surface area (Å²) in [4.78, 5) is 0.354. The van der Waals surface area contributed by atoms with Crippen molar-refractivity contribution in [1.82, 2.24) is 4.31 Å². The zero-order chi connectivity index (χ0) is 11.8. The first-order valence-corrected chi connectivity index (χ1v) is 6.76. The Morgan fingerprint density at radius 1 is 1.29 bits per heavy atom. The van der Waals surface area contributed by atoms with E-state index in [0.29, 0.717) is 18.0 Å². The number of nitrogens with zero attached hydrogens (tertiary/aromatic N) is 1. The van der Waals surface area contributed by atoms with E-state index in [-0.39, 0.29) is 18.4 Å². The number of benzene rings is 1. The summed E-state index contributed by atoms with van der Waals surface area (Å²) >= 11 is 0. The summed E-state index contributed by atoms with van der Waals surface area (Å²) in [5.41, 5.74) is 6.77. The molecule has 1 heterocycles. The molecule has 96 valence electrons. The number of hydrogen-bond donors (Lipinski definition) is 1. The molecule has 6 heteroatoms. The molecule has 1 atom stereocenters. The van der Waals surface area contributed by atoms with Crippen LogP contribution in [0, 0.1) is 6.92 Å². The van der Waals surface area contributed by atoms with Gasteiger partial charge in [0.05, 0.1) is 4.90 Å². The molecule has 0 unspecified atom stereocenters. The van der Waals surface area contributed by atoms with E-state index in [0.717, 1.165) is 12.0 Å². The molecule has 1 aromatic carbocycles. The van der Waals surface area contributed by atoms with Gasteiger partial charge in [-0.1, -0.05) is 17.7 Å². The van der Waals surface area contributed by atoms with Crippen molar-refractivity contribution >= 4 is 22.4 Å². The molecule has 1 aliphatic heterocycles. The summed E-state index contributed by atoms with van der Waals surface area (Å²) in [7, 11) is -3.34. The van der Waals surface area contributed by atoms with Crippen molar-refractivity contribution < 1.29 is 8.42 Å². The van der Waals surface area contributed by atoms with Crippen LogP contribution >= 0.6 is 12.4 Å². The second kappa shape index (κ2) is 5.35. The third-order valence-electron chi connectivity index (χ3n) is 2.85. The van der Waals surface area contributed by atoms with Crippen molar-refractivity contribution in [3.63, 3.8) is 0 Å². The molecule has 1 saturated heterocycles. The number of aryl methyl sites for hydroxylation is 1. The molecule has 1 aliphatic rings. The second-order valence-electron chi connectivity index (χ2n) is 4.22. The predicted octanol–water partition coefficient (Wildman–Crippen LogP) is 1.14. The number of rotatable bonds is 2. The van der Waals surface area contributed by atoms with E-state index in [1.807, 2.05) is 19.1 Å². The third-order valence-corrected chi connectivity index (χ3v) is 4.73. The summed E-state index contributed by atoms with van der Waals surface area (Å²) in [6, 6.07) is 6.88. The quantitative estimate of drug-likeness (QED) is 0.881. The average molecular weight is 277 g/mol. The fourth-order valence-corrected chi connectivity index (χ4v) is 3.34. The van der Waals surface area contributed by atoms with Crippen LogP contribution in [0.1, 0.15) is 12.0 Å². The fraction of sp³-hybridized carbons (Fsp3) is 0.455. The lowest BCUT2D eigenvalue weighted by Crippen LogP contribution is -2.31. The fourth-order valence-electron chi connectivity index (χ4n) is 1.83. The number of hydrogen-bond acceptors (Lipinski definition) is 3. The van der Waals surface area contributed by atoms with Gasteiger partial charge in [0.15, 0.2) is 0 Å². The van der Waals surface area contributed by atoms with Gasteiger partial charge in [0, 0.05) is 19.1 Å². The molecule has 17 heavy (non-hydrogen) atoms. The molecule has 0 aromatic heterocycles. The Morgan fingerprint density at radius 3 is 2.35 bits per heavy atom. The van der Waals surface area contributed by atoms with Gasteiger partial charge in [0.1, 0.15) is 0 Å². The predicted molar refractivity (Wildman–Crippen MR) is 69.8 cm³/mol. The lowest BCUT2D eigenvalue weighted by atomic mass is 10.2. The highest BCUT2D eigenvalue weighted by atomic mass is 35.5. The van der Waals surface area contributed by atoms with E-state index in [4.69, 9.17) is 5.73 Å². The van der Waals surface area contributed by atoms with Gasteiger partial charge in [-0.15, -0.1) is 12.4 Å². The molecule has 4 nitrogen and oxygen atoms in total. The Bertz CT molecular complexity index is 473. The molecule has 0 bridgehead atoms. The van der Waals surface area contributed by atoms with Crippen LogP contribution in [0.25, 0.3) is 0 Å². The maximum atomic E-state index is 12.2. The molecule has 2 N–H and O–H groups in total. The largest absolute Gasteiger partial charge is 0.326 e. The molecule has 0 aliphatic carbocycles. The lowest BCUT2D eigenvalue weighted by molar-refractivity contribution is 0.472. The summed E-state index contributed by atoms with van der Waals surface area (Å²) in [5.74, 6) is 0. The third kappa shape index (κ3) is 2.98. The SMILES string of the molecule is Cc1ccc(S(=O)(=O)N2CC[C@H](N)C2)cc1.Cl. The van der Waals surface area contributed by atoms with Crippen LogP contribution < -0.4 is 5.73 Å².